The van der Waals surface area contributed by atoms with Gasteiger partial charge in [-0.25, -0.2) is 4.98 Å². The number of nitrogens with zero attached hydrogens (tertiary/aromatic N) is 2. The van der Waals surface area contributed by atoms with Crippen molar-refractivity contribution in [2.75, 3.05) is 22.7 Å². The van der Waals surface area contributed by atoms with E-state index in [4.69, 9.17) is 11.6 Å². The van der Waals surface area contributed by atoms with Crippen LogP contribution in [0.3, 0.4) is 0 Å². The Morgan fingerprint density at radius 1 is 1.33 bits per heavy atom. The van der Waals surface area contributed by atoms with Crippen molar-refractivity contribution in [1.82, 2.24) is 4.98 Å². The first-order valence-corrected chi connectivity index (χ1v) is 7.10. The number of aliphatic hydroxyl groups excluding tert-OH is 1. The second-order valence-electron chi connectivity index (χ2n) is 4.68. The molecule has 0 fully saturated rings. The highest BCUT2D eigenvalue weighted by molar-refractivity contribution is 6.30. The topological polar surface area (TPSA) is 65.5 Å². The van der Waals surface area contributed by atoms with E-state index in [-0.39, 0.29) is 24.4 Å². The molecule has 0 aliphatic carbocycles. The highest BCUT2D eigenvalue weighted by atomic mass is 35.5. The zero-order valence-electron chi connectivity index (χ0n) is 11.2. The first kappa shape index (κ1) is 13.9. The molecule has 21 heavy (non-hydrogen) atoms. The Labute approximate surface area is 127 Å². The van der Waals surface area contributed by atoms with Crippen molar-refractivity contribution in [2.24, 2.45) is 0 Å². The van der Waals surface area contributed by atoms with Gasteiger partial charge in [-0.15, -0.1) is 11.6 Å². The summed E-state index contributed by atoms with van der Waals surface area (Å²) in [5.74, 6) is 0.0877. The van der Waals surface area contributed by atoms with Crippen LogP contribution in [0.4, 0.5) is 17.2 Å². The Kier molecular flexibility index (Phi) is 3.77. The lowest BCUT2D eigenvalue weighted by molar-refractivity contribution is -0.115. The largest absolute Gasteiger partial charge is 0.394 e. The second-order valence-corrected chi connectivity index (χ2v) is 4.94. The fourth-order valence-corrected chi connectivity index (χ4v) is 2.63. The number of nitrogens with one attached hydrogen (secondary N) is 1. The van der Waals surface area contributed by atoms with E-state index in [0.717, 1.165) is 5.56 Å². The third kappa shape index (κ3) is 2.34. The zero-order valence-corrected chi connectivity index (χ0v) is 11.9. The minimum absolute atomic E-state index is 0.0890. The lowest BCUT2D eigenvalue weighted by atomic mass is 10.0. The number of pyridine rings is 1. The Morgan fingerprint density at radius 3 is 2.90 bits per heavy atom. The number of carbonyl (C=O) groups is 1. The summed E-state index contributed by atoms with van der Waals surface area (Å²) in [5.41, 5.74) is 2.20. The molecule has 0 radical (unpaired) electrons. The zero-order chi connectivity index (χ0) is 14.8. The molecule has 1 unspecified atom stereocenters. The molecule has 0 spiro atoms. The van der Waals surface area contributed by atoms with E-state index in [1.165, 1.54) is 4.90 Å². The predicted molar refractivity (Wildman–Crippen MR) is 82.0 cm³/mol. The SMILES string of the molecule is O=C(CCl)N1c2ccccc2C(CO)Nc2cccnc21. The monoisotopic (exact) mass is 303 g/mol. The Bertz CT molecular complexity index is 677. The molecular weight excluding hydrogens is 290 g/mol. The molecule has 3 rings (SSSR count). The summed E-state index contributed by atoms with van der Waals surface area (Å²) < 4.78 is 0. The van der Waals surface area contributed by atoms with Crippen LogP contribution < -0.4 is 10.2 Å². The molecule has 6 heteroatoms. The molecule has 0 bridgehead atoms. The number of carbonyl (C=O) groups excluding carboxylic acids is 1. The Morgan fingerprint density at radius 2 is 2.14 bits per heavy atom. The molecule has 1 amide bonds. The van der Waals surface area contributed by atoms with Gasteiger partial charge in [0, 0.05) is 11.8 Å². The Balaban J connectivity index is 2.26. The van der Waals surface area contributed by atoms with Gasteiger partial charge in [0.05, 0.1) is 24.0 Å². The summed E-state index contributed by atoms with van der Waals surface area (Å²) >= 11 is 5.75. The average molecular weight is 304 g/mol. The summed E-state index contributed by atoms with van der Waals surface area (Å²) in [6, 6.07) is 10.7. The van der Waals surface area contributed by atoms with Crippen LogP contribution in [0.25, 0.3) is 0 Å². The maximum atomic E-state index is 12.3. The number of alkyl halides is 1. The van der Waals surface area contributed by atoms with Crippen LogP contribution in [-0.4, -0.2) is 28.5 Å². The van der Waals surface area contributed by atoms with Crippen LogP contribution in [0.1, 0.15) is 11.6 Å². The summed E-state index contributed by atoms with van der Waals surface area (Å²) in [7, 11) is 0. The van der Waals surface area contributed by atoms with Gasteiger partial charge in [-0.1, -0.05) is 18.2 Å². The third-order valence-corrected chi connectivity index (χ3v) is 3.66. The van der Waals surface area contributed by atoms with Gasteiger partial charge in [-0.2, -0.15) is 0 Å². The number of anilines is 3. The third-order valence-electron chi connectivity index (χ3n) is 3.43. The molecule has 2 N–H and O–H groups in total. The number of rotatable bonds is 2. The van der Waals surface area contributed by atoms with Crippen molar-refractivity contribution in [3.63, 3.8) is 0 Å². The minimum Gasteiger partial charge on any atom is -0.394 e. The van der Waals surface area contributed by atoms with Gasteiger partial charge in [0.2, 0.25) is 5.91 Å². The standard InChI is InChI=1S/C15H14ClN3O2/c16-8-14(21)19-13-6-2-1-4-10(13)12(9-20)18-11-5-3-7-17-15(11)19/h1-7,12,18,20H,8-9H2. The van der Waals surface area contributed by atoms with Gasteiger partial charge in [0.25, 0.3) is 0 Å². The maximum Gasteiger partial charge on any atom is 0.247 e. The highest BCUT2D eigenvalue weighted by Gasteiger charge is 2.29. The molecule has 1 aromatic heterocycles. The normalized spacial score (nSPS) is 16.5. The highest BCUT2D eigenvalue weighted by Crippen LogP contribution is 2.40. The van der Waals surface area contributed by atoms with Crippen LogP contribution >= 0.6 is 11.6 Å². The van der Waals surface area contributed by atoms with Crippen molar-refractivity contribution in [3.8, 4) is 0 Å². The van der Waals surface area contributed by atoms with Crippen LogP contribution in [0, 0.1) is 0 Å². The van der Waals surface area contributed by atoms with Crippen molar-refractivity contribution in [2.45, 2.75) is 6.04 Å². The molecule has 1 aliphatic heterocycles. The minimum atomic E-state index is -0.308. The van der Waals surface area contributed by atoms with E-state index in [1.54, 1.807) is 12.3 Å². The number of halogens is 1. The molecule has 0 saturated carbocycles. The van der Waals surface area contributed by atoms with Crippen LogP contribution in [0.15, 0.2) is 42.6 Å². The average Bonchev–Trinajstić information content (AvgIpc) is 2.68. The number of fused-ring (bicyclic) bond motifs is 2. The predicted octanol–water partition coefficient (Wildman–Crippen LogP) is 2.44. The molecule has 108 valence electrons. The van der Waals surface area contributed by atoms with Gasteiger partial charge < -0.3 is 10.4 Å². The fraction of sp³-hybridized carbons (Fsp3) is 0.200. The molecule has 1 aliphatic rings. The summed E-state index contributed by atoms with van der Waals surface area (Å²) in [6.45, 7) is -0.0890. The van der Waals surface area contributed by atoms with Crippen LogP contribution in [0.5, 0.6) is 0 Å². The van der Waals surface area contributed by atoms with Gasteiger partial charge in [-0.3, -0.25) is 9.69 Å². The number of para-hydroxylation sites is 1. The van der Waals surface area contributed by atoms with Gasteiger partial charge in [0.1, 0.15) is 5.88 Å². The molecule has 2 heterocycles. The van der Waals surface area contributed by atoms with E-state index < -0.39 is 0 Å². The number of amides is 1. The van der Waals surface area contributed by atoms with Gasteiger partial charge >= 0.3 is 0 Å². The van der Waals surface area contributed by atoms with Crippen LogP contribution in [0.2, 0.25) is 0 Å². The molecule has 5 nitrogen and oxygen atoms in total. The van der Waals surface area contributed by atoms with E-state index >= 15 is 0 Å². The first-order valence-electron chi connectivity index (χ1n) is 6.56. The molecular formula is C15H14ClN3O2. The summed E-state index contributed by atoms with van der Waals surface area (Å²) in [6.07, 6.45) is 1.62. The van der Waals surface area contributed by atoms with E-state index in [9.17, 15) is 9.90 Å². The van der Waals surface area contributed by atoms with E-state index in [0.29, 0.717) is 17.2 Å². The van der Waals surface area contributed by atoms with E-state index in [1.807, 2.05) is 30.3 Å². The molecule has 0 saturated heterocycles. The summed E-state index contributed by atoms with van der Waals surface area (Å²) in [5, 5.41) is 12.9. The molecule has 1 aromatic carbocycles. The maximum absolute atomic E-state index is 12.3. The number of aromatic nitrogens is 1. The van der Waals surface area contributed by atoms with Crippen molar-refractivity contribution < 1.29 is 9.90 Å². The number of hydrogen-bond donors (Lipinski definition) is 2. The smallest absolute Gasteiger partial charge is 0.247 e. The second kappa shape index (κ2) is 5.71. The number of benzene rings is 1. The molecule has 1 atom stereocenters. The lowest BCUT2D eigenvalue weighted by Crippen LogP contribution is -2.28. The lowest BCUT2D eigenvalue weighted by Gasteiger charge is -2.22. The first-order chi connectivity index (χ1) is 10.3. The molecule has 2 aromatic rings. The fourth-order valence-electron chi connectivity index (χ4n) is 2.51. The number of hydrogen-bond acceptors (Lipinski definition) is 4. The van der Waals surface area contributed by atoms with Crippen molar-refractivity contribution in [3.05, 3.63) is 48.2 Å². The van der Waals surface area contributed by atoms with Crippen molar-refractivity contribution >= 4 is 34.7 Å². The summed E-state index contributed by atoms with van der Waals surface area (Å²) in [4.78, 5) is 18.1. The van der Waals surface area contributed by atoms with Crippen molar-refractivity contribution in [1.29, 1.82) is 0 Å². The number of aliphatic hydroxyl groups is 1. The quantitative estimate of drug-likeness (QED) is 0.836. The van der Waals surface area contributed by atoms with Gasteiger partial charge in [0.15, 0.2) is 5.82 Å². The van der Waals surface area contributed by atoms with Gasteiger partial charge in [-0.05, 0) is 18.2 Å². The van der Waals surface area contributed by atoms with Crippen LogP contribution in [-0.2, 0) is 4.79 Å². The Hall–Kier alpha value is -2.11. The van der Waals surface area contributed by atoms with E-state index in [2.05, 4.69) is 10.3 Å².